The standard InChI is InChI=1S/C25H25FN2O2/c1-25(2,3)21-11-9-20(10-12-21)24(29)28-27-16-18-7-13-23(14-8-18)30-17-19-5-4-6-22(26)15-19/h4-16H,17H2,1-3H3,(H,28,29)/b27-16-. The van der Waals surface area contributed by atoms with Crippen LogP contribution in [0.3, 0.4) is 0 Å². The lowest BCUT2D eigenvalue weighted by molar-refractivity contribution is 0.0955. The van der Waals surface area contributed by atoms with Crippen LogP contribution in [0.2, 0.25) is 0 Å². The smallest absolute Gasteiger partial charge is 0.271 e. The van der Waals surface area contributed by atoms with E-state index in [1.54, 1.807) is 36.5 Å². The third kappa shape index (κ3) is 6.01. The first kappa shape index (κ1) is 21.2. The van der Waals surface area contributed by atoms with Crippen molar-refractivity contribution in [1.29, 1.82) is 0 Å². The van der Waals surface area contributed by atoms with Crippen molar-refractivity contribution in [1.82, 2.24) is 5.43 Å². The largest absolute Gasteiger partial charge is 0.489 e. The molecule has 4 nitrogen and oxygen atoms in total. The van der Waals surface area contributed by atoms with Crippen molar-refractivity contribution in [2.45, 2.75) is 32.8 Å². The van der Waals surface area contributed by atoms with Gasteiger partial charge in [-0.15, -0.1) is 0 Å². The van der Waals surface area contributed by atoms with Crippen molar-refractivity contribution in [3.05, 3.63) is 101 Å². The Morgan fingerprint density at radius 1 is 1.03 bits per heavy atom. The molecular weight excluding hydrogens is 379 g/mol. The summed E-state index contributed by atoms with van der Waals surface area (Å²) < 4.78 is 18.8. The fourth-order valence-corrected chi connectivity index (χ4v) is 2.80. The molecule has 0 unspecified atom stereocenters. The minimum atomic E-state index is -0.283. The molecule has 154 valence electrons. The first-order chi connectivity index (χ1) is 14.3. The number of ether oxygens (including phenoxy) is 1. The zero-order valence-corrected chi connectivity index (χ0v) is 17.4. The van der Waals surface area contributed by atoms with Gasteiger partial charge >= 0.3 is 0 Å². The van der Waals surface area contributed by atoms with Gasteiger partial charge in [-0.2, -0.15) is 5.10 Å². The maximum Gasteiger partial charge on any atom is 0.271 e. The molecule has 0 saturated heterocycles. The van der Waals surface area contributed by atoms with E-state index in [0.29, 0.717) is 11.3 Å². The summed E-state index contributed by atoms with van der Waals surface area (Å²) in [5, 5.41) is 4.02. The number of nitrogens with one attached hydrogen (secondary N) is 1. The molecule has 0 aliphatic heterocycles. The summed E-state index contributed by atoms with van der Waals surface area (Å²) in [7, 11) is 0. The Kier molecular flexibility index (Phi) is 6.62. The average Bonchev–Trinajstić information content (AvgIpc) is 2.72. The van der Waals surface area contributed by atoms with Gasteiger partial charge in [0.05, 0.1) is 6.21 Å². The monoisotopic (exact) mass is 404 g/mol. The van der Waals surface area contributed by atoms with Gasteiger partial charge in [-0.05, 0) is 70.6 Å². The second kappa shape index (κ2) is 9.35. The van der Waals surface area contributed by atoms with Gasteiger partial charge < -0.3 is 4.74 Å². The molecule has 0 heterocycles. The van der Waals surface area contributed by atoms with E-state index in [1.165, 1.54) is 17.7 Å². The fraction of sp³-hybridized carbons (Fsp3) is 0.200. The molecule has 3 rings (SSSR count). The molecule has 1 N–H and O–H groups in total. The maximum atomic E-state index is 13.2. The van der Waals surface area contributed by atoms with Crippen LogP contribution in [-0.4, -0.2) is 12.1 Å². The zero-order chi connectivity index (χ0) is 21.6. The molecule has 3 aromatic carbocycles. The van der Waals surface area contributed by atoms with Crippen LogP contribution >= 0.6 is 0 Å². The number of carbonyl (C=O) groups is 1. The zero-order valence-electron chi connectivity index (χ0n) is 17.4. The molecule has 0 aliphatic carbocycles. The van der Waals surface area contributed by atoms with Gasteiger partial charge in [0.2, 0.25) is 0 Å². The molecule has 0 spiro atoms. The third-order valence-electron chi connectivity index (χ3n) is 4.57. The van der Waals surface area contributed by atoms with E-state index in [-0.39, 0.29) is 23.7 Å². The minimum Gasteiger partial charge on any atom is -0.489 e. The SMILES string of the molecule is CC(C)(C)c1ccc(C(=O)N/N=C\c2ccc(OCc3cccc(F)c3)cc2)cc1. The predicted molar refractivity (Wildman–Crippen MR) is 117 cm³/mol. The van der Waals surface area contributed by atoms with Gasteiger partial charge in [0, 0.05) is 5.56 Å². The average molecular weight is 404 g/mol. The first-order valence-electron chi connectivity index (χ1n) is 9.72. The number of amides is 1. The highest BCUT2D eigenvalue weighted by atomic mass is 19.1. The fourth-order valence-electron chi connectivity index (χ4n) is 2.80. The van der Waals surface area contributed by atoms with Crippen molar-refractivity contribution in [3.63, 3.8) is 0 Å². The molecular formula is C25H25FN2O2. The lowest BCUT2D eigenvalue weighted by Gasteiger charge is -2.18. The van der Waals surface area contributed by atoms with E-state index in [2.05, 4.69) is 31.3 Å². The number of nitrogens with zero attached hydrogens (tertiary/aromatic N) is 1. The van der Waals surface area contributed by atoms with E-state index in [1.807, 2.05) is 30.3 Å². The molecule has 0 saturated carbocycles. The van der Waals surface area contributed by atoms with Crippen LogP contribution in [0.5, 0.6) is 5.75 Å². The molecule has 0 fully saturated rings. The van der Waals surface area contributed by atoms with E-state index in [4.69, 9.17) is 4.74 Å². The van der Waals surface area contributed by atoms with E-state index >= 15 is 0 Å². The number of benzene rings is 3. The summed E-state index contributed by atoms with van der Waals surface area (Å²) in [5.74, 6) is 0.121. The van der Waals surface area contributed by atoms with Crippen LogP contribution in [0.1, 0.15) is 47.8 Å². The lowest BCUT2D eigenvalue weighted by Crippen LogP contribution is -2.18. The van der Waals surface area contributed by atoms with Crippen molar-refractivity contribution in [2.75, 3.05) is 0 Å². The van der Waals surface area contributed by atoms with Crippen LogP contribution in [0.15, 0.2) is 77.9 Å². The van der Waals surface area contributed by atoms with Crippen molar-refractivity contribution < 1.29 is 13.9 Å². The highest BCUT2D eigenvalue weighted by Gasteiger charge is 2.14. The number of rotatable bonds is 6. The Hall–Kier alpha value is -3.47. The minimum absolute atomic E-state index is 0.0420. The molecule has 0 aliphatic rings. The quantitative estimate of drug-likeness (QED) is 0.438. The Bertz CT molecular complexity index is 1020. The van der Waals surface area contributed by atoms with Crippen molar-refractivity contribution in [3.8, 4) is 5.75 Å². The molecule has 0 bridgehead atoms. The maximum absolute atomic E-state index is 13.2. The lowest BCUT2D eigenvalue weighted by atomic mass is 9.87. The number of carbonyl (C=O) groups excluding carboxylic acids is 1. The van der Waals surface area contributed by atoms with Crippen LogP contribution in [0.25, 0.3) is 0 Å². The summed E-state index contributed by atoms with van der Waals surface area (Å²) in [6, 6.07) is 21.1. The van der Waals surface area contributed by atoms with Crippen LogP contribution < -0.4 is 10.2 Å². The Balaban J connectivity index is 1.51. The summed E-state index contributed by atoms with van der Waals surface area (Å²) >= 11 is 0. The summed E-state index contributed by atoms with van der Waals surface area (Å²) in [5.41, 5.74) is 5.88. The second-order valence-electron chi connectivity index (χ2n) is 8.01. The van der Waals surface area contributed by atoms with Gasteiger partial charge in [0.1, 0.15) is 18.2 Å². The number of halogens is 1. The number of hydrogen-bond donors (Lipinski definition) is 1. The molecule has 1 amide bonds. The van der Waals surface area contributed by atoms with Gasteiger partial charge in [-0.3, -0.25) is 4.79 Å². The van der Waals surface area contributed by atoms with Gasteiger partial charge in [-0.1, -0.05) is 45.0 Å². The van der Waals surface area contributed by atoms with Gasteiger partial charge in [-0.25, -0.2) is 9.82 Å². The molecule has 30 heavy (non-hydrogen) atoms. The topological polar surface area (TPSA) is 50.7 Å². The Morgan fingerprint density at radius 2 is 1.73 bits per heavy atom. The van der Waals surface area contributed by atoms with Crippen LogP contribution in [0.4, 0.5) is 4.39 Å². The highest BCUT2D eigenvalue weighted by molar-refractivity contribution is 5.94. The van der Waals surface area contributed by atoms with E-state index < -0.39 is 0 Å². The second-order valence-corrected chi connectivity index (χ2v) is 8.01. The van der Waals surface area contributed by atoms with Crippen molar-refractivity contribution in [2.24, 2.45) is 5.10 Å². The number of hydrogen-bond acceptors (Lipinski definition) is 3. The molecule has 0 radical (unpaired) electrons. The van der Waals surface area contributed by atoms with Crippen LogP contribution in [0, 0.1) is 5.82 Å². The molecule has 3 aromatic rings. The van der Waals surface area contributed by atoms with Gasteiger partial charge in [0.25, 0.3) is 5.91 Å². The van der Waals surface area contributed by atoms with E-state index in [0.717, 1.165) is 11.1 Å². The first-order valence-corrected chi connectivity index (χ1v) is 9.72. The molecule has 5 heteroatoms. The third-order valence-corrected chi connectivity index (χ3v) is 4.57. The van der Waals surface area contributed by atoms with Crippen molar-refractivity contribution >= 4 is 12.1 Å². The molecule has 0 aromatic heterocycles. The number of hydrazone groups is 1. The summed E-state index contributed by atoms with van der Waals surface area (Å²) in [4.78, 5) is 12.2. The molecule has 0 atom stereocenters. The Morgan fingerprint density at radius 3 is 2.37 bits per heavy atom. The highest BCUT2D eigenvalue weighted by Crippen LogP contribution is 2.22. The Labute approximate surface area is 176 Å². The van der Waals surface area contributed by atoms with Gasteiger partial charge in [0.15, 0.2) is 0 Å². The summed E-state index contributed by atoms with van der Waals surface area (Å²) in [6.45, 7) is 6.67. The predicted octanol–water partition coefficient (Wildman–Crippen LogP) is 5.47. The van der Waals surface area contributed by atoms with Crippen LogP contribution in [-0.2, 0) is 12.0 Å². The summed E-state index contributed by atoms with van der Waals surface area (Å²) in [6.07, 6.45) is 1.57. The van der Waals surface area contributed by atoms with E-state index in [9.17, 15) is 9.18 Å². The normalized spacial score (nSPS) is 11.5.